The Bertz CT molecular complexity index is 1120. The van der Waals surface area contributed by atoms with E-state index in [0.29, 0.717) is 16.9 Å². The molecular weight excluding hydrogens is 425 g/mol. The minimum absolute atomic E-state index is 0.147. The SMILES string of the molecule is COc1cc(/C=N/NC(=O)c2cccc(N(C)C)c2)ccc1Oc1nc(Cl)ncc1F. The molecular formula is C21H19ClFN5O3. The third-order valence-corrected chi connectivity index (χ3v) is 4.26. The van der Waals surface area contributed by atoms with Gasteiger partial charge in [-0.2, -0.15) is 14.5 Å². The fraction of sp³-hybridized carbons (Fsp3) is 0.143. The van der Waals surface area contributed by atoms with Crippen molar-refractivity contribution in [3.63, 3.8) is 0 Å². The van der Waals surface area contributed by atoms with Crippen LogP contribution in [0.1, 0.15) is 15.9 Å². The van der Waals surface area contributed by atoms with Gasteiger partial charge in [0, 0.05) is 25.3 Å². The van der Waals surface area contributed by atoms with Crippen LogP contribution >= 0.6 is 11.6 Å². The van der Waals surface area contributed by atoms with Gasteiger partial charge in [0.2, 0.25) is 11.1 Å². The highest BCUT2D eigenvalue weighted by molar-refractivity contribution is 6.28. The molecule has 1 N–H and O–H groups in total. The van der Waals surface area contributed by atoms with Crippen LogP contribution in [0.15, 0.2) is 53.8 Å². The largest absolute Gasteiger partial charge is 0.493 e. The van der Waals surface area contributed by atoms with Gasteiger partial charge < -0.3 is 14.4 Å². The van der Waals surface area contributed by atoms with Crippen LogP contribution in [-0.4, -0.2) is 43.3 Å². The summed E-state index contributed by atoms with van der Waals surface area (Å²) < 4.78 is 24.5. The fourth-order valence-corrected chi connectivity index (χ4v) is 2.64. The maximum atomic E-state index is 13.8. The highest BCUT2D eigenvalue weighted by Crippen LogP contribution is 2.32. The maximum Gasteiger partial charge on any atom is 0.271 e. The van der Waals surface area contributed by atoms with Gasteiger partial charge in [0.15, 0.2) is 11.5 Å². The lowest BCUT2D eigenvalue weighted by atomic mass is 10.2. The molecule has 160 valence electrons. The van der Waals surface area contributed by atoms with Crippen LogP contribution in [0.5, 0.6) is 17.4 Å². The summed E-state index contributed by atoms with van der Waals surface area (Å²) in [5.74, 6) is -0.908. The molecule has 0 aliphatic heterocycles. The summed E-state index contributed by atoms with van der Waals surface area (Å²) in [7, 11) is 5.22. The summed E-state index contributed by atoms with van der Waals surface area (Å²) in [5, 5.41) is 3.83. The van der Waals surface area contributed by atoms with Crippen molar-refractivity contribution >= 4 is 29.4 Å². The lowest BCUT2D eigenvalue weighted by Gasteiger charge is -2.12. The van der Waals surface area contributed by atoms with Crippen LogP contribution < -0.4 is 19.8 Å². The van der Waals surface area contributed by atoms with Crippen LogP contribution in [0.2, 0.25) is 5.28 Å². The van der Waals surface area contributed by atoms with Gasteiger partial charge in [-0.05, 0) is 53.6 Å². The van der Waals surface area contributed by atoms with Crippen molar-refractivity contribution < 1.29 is 18.7 Å². The molecule has 0 radical (unpaired) electrons. The quantitative estimate of drug-likeness (QED) is 0.338. The van der Waals surface area contributed by atoms with Gasteiger partial charge in [0.1, 0.15) is 0 Å². The predicted octanol–water partition coefficient (Wildman–Crippen LogP) is 3.90. The molecule has 0 spiro atoms. The van der Waals surface area contributed by atoms with E-state index in [1.54, 1.807) is 36.4 Å². The van der Waals surface area contributed by atoms with E-state index in [1.807, 2.05) is 25.1 Å². The Morgan fingerprint density at radius 3 is 2.77 bits per heavy atom. The zero-order valence-electron chi connectivity index (χ0n) is 17.0. The molecule has 10 heteroatoms. The Hall–Kier alpha value is -3.72. The summed E-state index contributed by atoms with van der Waals surface area (Å²) in [6, 6.07) is 12.0. The fourth-order valence-electron chi connectivity index (χ4n) is 2.51. The van der Waals surface area contributed by atoms with E-state index < -0.39 is 5.82 Å². The Labute approximate surface area is 183 Å². The van der Waals surface area contributed by atoms with Crippen LogP contribution in [0.3, 0.4) is 0 Å². The van der Waals surface area contributed by atoms with Gasteiger partial charge in [0.05, 0.1) is 19.5 Å². The van der Waals surface area contributed by atoms with Crippen molar-refractivity contribution in [2.24, 2.45) is 5.10 Å². The molecule has 0 saturated heterocycles. The van der Waals surface area contributed by atoms with Gasteiger partial charge in [-0.1, -0.05) is 6.07 Å². The van der Waals surface area contributed by atoms with E-state index in [0.717, 1.165) is 11.9 Å². The highest BCUT2D eigenvalue weighted by atomic mass is 35.5. The first-order chi connectivity index (χ1) is 14.9. The van der Waals surface area contributed by atoms with Crippen molar-refractivity contribution in [2.75, 3.05) is 26.1 Å². The van der Waals surface area contributed by atoms with Crippen LogP contribution in [0, 0.1) is 5.82 Å². The minimum Gasteiger partial charge on any atom is -0.493 e. The molecule has 0 aliphatic rings. The number of nitrogens with zero attached hydrogens (tertiary/aromatic N) is 4. The number of hydrazone groups is 1. The first-order valence-electron chi connectivity index (χ1n) is 9.02. The molecule has 1 amide bonds. The lowest BCUT2D eigenvalue weighted by molar-refractivity contribution is 0.0955. The number of aromatic nitrogens is 2. The van der Waals surface area contributed by atoms with Gasteiger partial charge in [-0.3, -0.25) is 4.79 Å². The minimum atomic E-state index is -0.766. The van der Waals surface area contributed by atoms with E-state index in [-0.39, 0.29) is 22.8 Å². The molecule has 3 aromatic rings. The average molecular weight is 444 g/mol. The second-order valence-corrected chi connectivity index (χ2v) is 6.79. The van der Waals surface area contributed by atoms with Gasteiger partial charge >= 0.3 is 0 Å². The number of hydrogen-bond donors (Lipinski definition) is 1. The number of benzene rings is 2. The van der Waals surface area contributed by atoms with Gasteiger partial charge in [-0.15, -0.1) is 0 Å². The predicted molar refractivity (Wildman–Crippen MR) is 116 cm³/mol. The first-order valence-corrected chi connectivity index (χ1v) is 9.40. The molecule has 8 nitrogen and oxygen atoms in total. The summed E-state index contributed by atoms with van der Waals surface area (Å²) in [6.45, 7) is 0. The number of hydrogen-bond acceptors (Lipinski definition) is 7. The number of halogens is 2. The Morgan fingerprint density at radius 2 is 2.03 bits per heavy atom. The monoisotopic (exact) mass is 443 g/mol. The second kappa shape index (κ2) is 9.86. The maximum absolute atomic E-state index is 13.8. The van der Waals surface area contributed by atoms with E-state index in [1.165, 1.54) is 13.3 Å². The molecule has 1 aromatic heterocycles. The molecule has 2 aromatic carbocycles. The molecule has 0 aliphatic carbocycles. The van der Waals surface area contributed by atoms with E-state index in [9.17, 15) is 9.18 Å². The van der Waals surface area contributed by atoms with Crippen molar-refractivity contribution in [1.29, 1.82) is 0 Å². The Balaban J connectivity index is 1.71. The van der Waals surface area contributed by atoms with Crippen molar-refractivity contribution in [3.05, 3.63) is 70.9 Å². The summed E-state index contributed by atoms with van der Waals surface area (Å²) in [5.41, 5.74) is 4.48. The van der Waals surface area contributed by atoms with Crippen molar-refractivity contribution in [3.8, 4) is 17.4 Å². The molecule has 0 unspecified atom stereocenters. The third kappa shape index (κ3) is 5.67. The Kier molecular flexibility index (Phi) is 6.99. The first kappa shape index (κ1) is 22.0. The molecule has 31 heavy (non-hydrogen) atoms. The molecule has 0 atom stereocenters. The standard InChI is InChI=1S/C21H19ClFN5O3/c1-28(2)15-6-4-5-14(10-15)19(29)27-25-11-13-7-8-17(18(9-13)30-3)31-20-16(23)12-24-21(22)26-20/h4-12H,1-3H3,(H,27,29)/b25-11+. The number of carbonyl (C=O) groups is 1. The zero-order valence-corrected chi connectivity index (χ0v) is 17.7. The zero-order chi connectivity index (χ0) is 22.4. The Morgan fingerprint density at radius 1 is 1.23 bits per heavy atom. The number of nitrogens with one attached hydrogen (secondary N) is 1. The van der Waals surface area contributed by atoms with Crippen molar-refractivity contribution in [2.45, 2.75) is 0 Å². The third-order valence-electron chi connectivity index (χ3n) is 4.08. The summed E-state index contributed by atoms with van der Waals surface area (Å²) >= 11 is 5.68. The average Bonchev–Trinajstić information content (AvgIpc) is 2.77. The lowest BCUT2D eigenvalue weighted by Crippen LogP contribution is -2.18. The van der Waals surface area contributed by atoms with Crippen LogP contribution in [-0.2, 0) is 0 Å². The number of rotatable bonds is 7. The number of ether oxygens (including phenoxy) is 2. The van der Waals surface area contributed by atoms with E-state index in [2.05, 4.69) is 20.5 Å². The number of anilines is 1. The highest BCUT2D eigenvalue weighted by Gasteiger charge is 2.13. The molecule has 0 bridgehead atoms. The van der Waals surface area contributed by atoms with Crippen LogP contribution in [0.25, 0.3) is 0 Å². The normalized spacial score (nSPS) is 10.7. The number of methoxy groups -OCH3 is 1. The van der Waals surface area contributed by atoms with E-state index >= 15 is 0 Å². The number of carbonyl (C=O) groups excluding carboxylic acids is 1. The van der Waals surface area contributed by atoms with Gasteiger partial charge in [0.25, 0.3) is 11.8 Å². The van der Waals surface area contributed by atoms with E-state index in [4.69, 9.17) is 21.1 Å². The molecule has 0 saturated carbocycles. The summed E-state index contributed by atoms with van der Waals surface area (Å²) in [4.78, 5) is 21.4. The molecule has 1 heterocycles. The van der Waals surface area contributed by atoms with Gasteiger partial charge in [-0.25, -0.2) is 10.4 Å². The smallest absolute Gasteiger partial charge is 0.271 e. The topological polar surface area (TPSA) is 88.9 Å². The second-order valence-electron chi connectivity index (χ2n) is 6.45. The summed E-state index contributed by atoms with van der Waals surface area (Å²) in [6.07, 6.45) is 2.36. The molecule has 0 fully saturated rings. The molecule has 3 rings (SSSR count). The number of amides is 1. The van der Waals surface area contributed by atoms with Crippen molar-refractivity contribution in [1.82, 2.24) is 15.4 Å². The van der Waals surface area contributed by atoms with Crippen LogP contribution in [0.4, 0.5) is 10.1 Å².